The molecule has 1 aromatic carbocycles. The number of anilines is 1. The van der Waals surface area contributed by atoms with Crippen LogP contribution >= 0.6 is 11.6 Å². The van der Waals surface area contributed by atoms with Crippen LogP contribution in [-0.4, -0.2) is 53.5 Å². The summed E-state index contributed by atoms with van der Waals surface area (Å²) < 4.78 is 27.9. The van der Waals surface area contributed by atoms with E-state index in [1.54, 1.807) is 26.1 Å². The van der Waals surface area contributed by atoms with Crippen molar-refractivity contribution in [3.8, 4) is 11.3 Å². The molecule has 168 valence electrons. The molecule has 9 heteroatoms. The highest BCUT2D eigenvalue weighted by molar-refractivity contribution is 6.30. The third-order valence-electron chi connectivity index (χ3n) is 6.37. The van der Waals surface area contributed by atoms with Gasteiger partial charge in [0.1, 0.15) is 17.5 Å². The van der Waals surface area contributed by atoms with Crippen molar-refractivity contribution in [3.63, 3.8) is 0 Å². The van der Waals surface area contributed by atoms with Crippen LogP contribution in [0.2, 0.25) is 5.02 Å². The van der Waals surface area contributed by atoms with Gasteiger partial charge in [0.05, 0.1) is 35.9 Å². The van der Waals surface area contributed by atoms with E-state index in [0.29, 0.717) is 49.4 Å². The summed E-state index contributed by atoms with van der Waals surface area (Å²) in [6.07, 6.45) is 1.01. The molecule has 0 bridgehead atoms. The fourth-order valence-corrected chi connectivity index (χ4v) is 4.59. The lowest BCUT2D eigenvalue weighted by molar-refractivity contribution is -0.00145. The lowest BCUT2D eigenvalue weighted by atomic mass is 10.00. The van der Waals surface area contributed by atoms with Gasteiger partial charge in [-0.05, 0) is 31.5 Å². The second-order valence-electron chi connectivity index (χ2n) is 8.35. The zero-order chi connectivity index (χ0) is 22.4. The third-order valence-corrected chi connectivity index (χ3v) is 6.60. The number of morpholine rings is 1. The summed E-state index contributed by atoms with van der Waals surface area (Å²) in [5.41, 5.74) is 0.719. The Bertz CT molecular complexity index is 1240. The molecule has 7 nitrogen and oxygen atoms in total. The topological polar surface area (TPSA) is 69.5 Å². The molecule has 0 spiro atoms. The standard InChI is InChI=1S/C23H24ClFN4O3/c1-13-26-18-10-20(29-6-8-32-19(11-29)14-5-7-31-12-14)27-22(21(18)23(30)28(13)2)16-4-3-15(24)9-17(16)25/h3-4,9-10,14,19H,5-8,11-12H2,1-2H3. The van der Waals surface area contributed by atoms with Crippen molar-refractivity contribution >= 4 is 28.3 Å². The molecule has 2 aliphatic rings. The van der Waals surface area contributed by atoms with Crippen LogP contribution in [0, 0.1) is 18.7 Å². The van der Waals surface area contributed by atoms with E-state index in [1.807, 2.05) is 6.07 Å². The zero-order valence-electron chi connectivity index (χ0n) is 18.0. The van der Waals surface area contributed by atoms with Gasteiger partial charge in [-0.15, -0.1) is 0 Å². The van der Waals surface area contributed by atoms with Gasteiger partial charge in [-0.1, -0.05) is 11.6 Å². The fourth-order valence-electron chi connectivity index (χ4n) is 4.43. The SMILES string of the molecule is Cc1nc2cc(N3CCOC(C4CCOC4)C3)nc(-c3ccc(Cl)cc3F)c2c(=O)n1C. The fraction of sp³-hybridized carbons (Fsp3) is 0.435. The summed E-state index contributed by atoms with van der Waals surface area (Å²) >= 11 is 5.96. The monoisotopic (exact) mass is 458 g/mol. The molecule has 0 amide bonds. The van der Waals surface area contributed by atoms with E-state index in [0.717, 1.165) is 13.0 Å². The Kier molecular flexibility index (Phi) is 5.61. The minimum absolute atomic E-state index is 0.0396. The van der Waals surface area contributed by atoms with E-state index >= 15 is 0 Å². The van der Waals surface area contributed by atoms with Gasteiger partial charge in [-0.25, -0.2) is 14.4 Å². The van der Waals surface area contributed by atoms with Gasteiger partial charge in [-0.2, -0.15) is 0 Å². The Morgan fingerprint density at radius 2 is 2.06 bits per heavy atom. The van der Waals surface area contributed by atoms with Crippen LogP contribution in [0.25, 0.3) is 22.2 Å². The Morgan fingerprint density at radius 1 is 1.22 bits per heavy atom. The number of nitrogens with zero attached hydrogens (tertiary/aromatic N) is 4. The van der Waals surface area contributed by atoms with Crippen LogP contribution in [0.5, 0.6) is 0 Å². The van der Waals surface area contributed by atoms with Gasteiger partial charge in [0.25, 0.3) is 5.56 Å². The summed E-state index contributed by atoms with van der Waals surface area (Å²) in [6, 6.07) is 6.19. The molecule has 4 heterocycles. The Hall–Kier alpha value is -2.55. The summed E-state index contributed by atoms with van der Waals surface area (Å²) in [5, 5.41) is 0.570. The molecule has 0 N–H and O–H groups in total. The highest BCUT2D eigenvalue weighted by Gasteiger charge is 2.32. The number of ether oxygens (including phenoxy) is 2. The maximum absolute atomic E-state index is 14.9. The zero-order valence-corrected chi connectivity index (χ0v) is 18.7. The van der Waals surface area contributed by atoms with Gasteiger partial charge in [-0.3, -0.25) is 9.36 Å². The van der Waals surface area contributed by atoms with Crippen LogP contribution in [0.4, 0.5) is 10.2 Å². The van der Waals surface area contributed by atoms with Gasteiger partial charge in [0, 0.05) is 49.3 Å². The lowest BCUT2D eigenvalue weighted by Crippen LogP contribution is -2.46. The van der Waals surface area contributed by atoms with Crippen LogP contribution in [0.3, 0.4) is 0 Å². The van der Waals surface area contributed by atoms with Crippen LogP contribution < -0.4 is 10.5 Å². The minimum Gasteiger partial charge on any atom is -0.381 e. The first kappa shape index (κ1) is 21.3. The number of halogens is 2. The first-order chi connectivity index (χ1) is 15.4. The van der Waals surface area contributed by atoms with E-state index in [-0.39, 0.29) is 33.3 Å². The molecule has 0 aliphatic carbocycles. The number of rotatable bonds is 3. The molecule has 2 atom stereocenters. The van der Waals surface area contributed by atoms with Crippen molar-refractivity contribution in [2.75, 3.05) is 37.8 Å². The molecule has 32 heavy (non-hydrogen) atoms. The summed E-state index contributed by atoms with van der Waals surface area (Å²) in [7, 11) is 1.65. The van der Waals surface area contributed by atoms with Crippen LogP contribution in [0.1, 0.15) is 12.2 Å². The third kappa shape index (κ3) is 3.76. The Labute approximate surface area is 189 Å². The molecule has 2 saturated heterocycles. The molecular weight excluding hydrogens is 435 g/mol. The first-order valence-electron chi connectivity index (χ1n) is 10.7. The number of aromatic nitrogens is 3. The van der Waals surface area contributed by atoms with Crippen molar-refractivity contribution < 1.29 is 13.9 Å². The number of hydrogen-bond acceptors (Lipinski definition) is 6. The van der Waals surface area contributed by atoms with Gasteiger partial charge in [0.15, 0.2) is 0 Å². The van der Waals surface area contributed by atoms with E-state index in [2.05, 4.69) is 9.88 Å². The van der Waals surface area contributed by atoms with Crippen molar-refractivity contribution in [1.82, 2.24) is 14.5 Å². The van der Waals surface area contributed by atoms with E-state index in [4.69, 9.17) is 26.1 Å². The Balaban J connectivity index is 1.66. The number of aryl methyl sites for hydroxylation is 1. The first-order valence-corrected chi connectivity index (χ1v) is 11.1. The van der Waals surface area contributed by atoms with Gasteiger partial charge < -0.3 is 14.4 Å². The predicted octanol–water partition coefficient (Wildman–Crippen LogP) is 3.34. The highest BCUT2D eigenvalue weighted by atomic mass is 35.5. The number of pyridine rings is 1. The molecule has 3 aromatic rings. The molecule has 2 aliphatic heterocycles. The number of benzene rings is 1. The van der Waals surface area contributed by atoms with E-state index in [1.165, 1.54) is 10.6 Å². The molecule has 2 fully saturated rings. The number of hydrogen-bond donors (Lipinski definition) is 0. The van der Waals surface area contributed by atoms with E-state index < -0.39 is 5.82 Å². The second kappa shape index (κ2) is 8.42. The van der Waals surface area contributed by atoms with Crippen molar-refractivity contribution in [2.24, 2.45) is 13.0 Å². The molecular formula is C23H24ClFN4O3. The molecule has 0 radical (unpaired) electrons. The summed E-state index contributed by atoms with van der Waals surface area (Å²) in [6.45, 7) is 5.09. The van der Waals surface area contributed by atoms with Crippen molar-refractivity contribution in [1.29, 1.82) is 0 Å². The lowest BCUT2D eigenvalue weighted by Gasteiger charge is -2.36. The summed E-state index contributed by atoms with van der Waals surface area (Å²) in [4.78, 5) is 24.6. The molecule has 5 rings (SSSR count). The van der Waals surface area contributed by atoms with Crippen LogP contribution in [0.15, 0.2) is 29.1 Å². The largest absolute Gasteiger partial charge is 0.381 e. The minimum atomic E-state index is -0.533. The van der Waals surface area contributed by atoms with Crippen molar-refractivity contribution in [3.05, 3.63) is 51.3 Å². The molecule has 2 aromatic heterocycles. The molecule has 0 saturated carbocycles. The predicted molar refractivity (Wildman–Crippen MR) is 121 cm³/mol. The Morgan fingerprint density at radius 3 is 2.81 bits per heavy atom. The quantitative estimate of drug-likeness (QED) is 0.599. The highest BCUT2D eigenvalue weighted by Crippen LogP contribution is 2.32. The van der Waals surface area contributed by atoms with E-state index in [9.17, 15) is 9.18 Å². The normalized spacial score (nSPS) is 21.4. The van der Waals surface area contributed by atoms with Crippen molar-refractivity contribution in [2.45, 2.75) is 19.4 Å². The average Bonchev–Trinajstić information content (AvgIpc) is 3.32. The van der Waals surface area contributed by atoms with Gasteiger partial charge in [0.2, 0.25) is 0 Å². The number of fused-ring (bicyclic) bond motifs is 1. The summed E-state index contributed by atoms with van der Waals surface area (Å²) in [5.74, 6) is 1.03. The average molecular weight is 459 g/mol. The van der Waals surface area contributed by atoms with Gasteiger partial charge >= 0.3 is 0 Å². The maximum atomic E-state index is 14.9. The van der Waals surface area contributed by atoms with Crippen LogP contribution in [-0.2, 0) is 16.5 Å². The maximum Gasteiger partial charge on any atom is 0.263 e. The molecule has 2 unspecified atom stereocenters. The smallest absolute Gasteiger partial charge is 0.263 e. The second-order valence-corrected chi connectivity index (χ2v) is 8.79.